The van der Waals surface area contributed by atoms with E-state index in [0.717, 1.165) is 22.3 Å². The SMILES string of the molecule is Cc1ccc(-c2n[nH]c3c2C(c2ccc4c(c2)OCO4)N(c2ccc(F)cc2)C3=O)cc1. The number of fused-ring (bicyclic) bond motifs is 2. The van der Waals surface area contributed by atoms with Gasteiger partial charge in [0.05, 0.1) is 11.7 Å². The number of aryl methyl sites for hydroxylation is 1. The number of anilines is 1. The number of carbonyl (C=O) groups is 1. The number of carbonyl (C=O) groups excluding carboxylic acids is 1. The molecule has 0 saturated carbocycles. The molecule has 0 spiro atoms. The third kappa shape index (κ3) is 2.78. The lowest BCUT2D eigenvalue weighted by molar-refractivity contribution is 0.0988. The standard InChI is InChI=1S/C25H18FN3O3/c1-14-2-4-15(5-3-14)22-21-23(28-27-22)25(30)29(18-9-7-17(26)8-10-18)24(21)16-6-11-19-20(12-16)32-13-31-19/h2-12,24H,13H2,1H3,(H,27,28). The summed E-state index contributed by atoms with van der Waals surface area (Å²) in [5.74, 6) is 0.709. The molecule has 0 fully saturated rings. The van der Waals surface area contributed by atoms with Crippen LogP contribution >= 0.6 is 0 Å². The molecule has 0 aliphatic carbocycles. The molecule has 1 aromatic heterocycles. The van der Waals surface area contributed by atoms with E-state index in [4.69, 9.17) is 9.47 Å². The maximum absolute atomic E-state index is 13.6. The second-order valence-electron chi connectivity index (χ2n) is 7.89. The zero-order valence-corrected chi connectivity index (χ0v) is 17.1. The molecule has 4 aromatic rings. The summed E-state index contributed by atoms with van der Waals surface area (Å²) in [4.78, 5) is 15.2. The van der Waals surface area contributed by atoms with Crippen LogP contribution in [0.25, 0.3) is 11.3 Å². The van der Waals surface area contributed by atoms with E-state index in [0.29, 0.717) is 28.6 Å². The molecule has 2 aliphatic rings. The van der Waals surface area contributed by atoms with Crippen LogP contribution < -0.4 is 14.4 Å². The molecule has 32 heavy (non-hydrogen) atoms. The fourth-order valence-electron chi connectivity index (χ4n) is 4.35. The molecular formula is C25H18FN3O3. The van der Waals surface area contributed by atoms with Gasteiger partial charge in [-0.2, -0.15) is 5.10 Å². The normalized spacial score (nSPS) is 16.5. The van der Waals surface area contributed by atoms with Crippen LogP contribution in [-0.4, -0.2) is 22.9 Å². The van der Waals surface area contributed by atoms with Gasteiger partial charge in [-0.1, -0.05) is 35.9 Å². The molecule has 3 aromatic carbocycles. The molecular weight excluding hydrogens is 409 g/mol. The molecule has 3 heterocycles. The van der Waals surface area contributed by atoms with Crippen LogP contribution in [0.1, 0.15) is 33.2 Å². The molecule has 6 rings (SSSR count). The average Bonchev–Trinajstić information content (AvgIpc) is 3.50. The van der Waals surface area contributed by atoms with Crippen LogP contribution in [-0.2, 0) is 0 Å². The Balaban J connectivity index is 1.55. The van der Waals surface area contributed by atoms with Gasteiger partial charge < -0.3 is 9.47 Å². The Hall–Kier alpha value is -4.13. The van der Waals surface area contributed by atoms with Gasteiger partial charge in [-0.25, -0.2) is 4.39 Å². The van der Waals surface area contributed by atoms with Gasteiger partial charge >= 0.3 is 0 Å². The van der Waals surface area contributed by atoms with E-state index < -0.39 is 6.04 Å². The number of aromatic nitrogens is 2. The third-order valence-electron chi connectivity index (χ3n) is 5.91. The number of aromatic amines is 1. The van der Waals surface area contributed by atoms with Crippen molar-refractivity contribution < 1.29 is 18.7 Å². The zero-order valence-electron chi connectivity index (χ0n) is 17.1. The first-order chi connectivity index (χ1) is 15.6. The number of nitrogens with zero attached hydrogens (tertiary/aromatic N) is 2. The minimum Gasteiger partial charge on any atom is -0.454 e. The van der Waals surface area contributed by atoms with Crippen molar-refractivity contribution in [3.05, 3.63) is 94.9 Å². The van der Waals surface area contributed by atoms with Crippen molar-refractivity contribution in [2.24, 2.45) is 0 Å². The van der Waals surface area contributed by atoms with Gasteiger partial charge in [-0.05, 0) is 48.9 Å². The Bertz CT molecular complexity index is 1350. The van der Waals surface area contributed by atoms with Crippen LogP contribution in [0.5, 0.6) is 11.5 Å². The molecule has 0 saturated heterocycles. The van der Waals surface area contributed by atoms with Crippen molar-refractivity contribution in [3.8, 4) is 22.8 Å². The number of nitrogens with one attached hydrogen (secondary N) is 1. The van der Waals surface area contributed by atoms with E-state index in [9.17, 15) is 9.18 Å². The fraction of sp³-hybridized carbons (Fsp3) is 0.120. The van der Waals surface area contributed by atoms with E-state index >= 15 is 0 Å². The summed E-state index contributed by atoms with van der Waals surface area (Å²) in [6.45, 7) is 2.18. The summed E-state index contributed by atoms with van der Waals surface area (Å²) >= 11 is 0. The summed E-state index contributed by atoms with van der Waals surface area (Å²) in [5, 5.41) is 7.43. The van der Waals surface area contributed by atoms with Crippen LogP contribution in [0, 0.1) is 12.7 Å². The lowest BCUT2D eigenvalue weighted by Crippen LogP contribution is -2.29. The molecule has 158 valence electrons. The van der Waals surface area contributed by atoms with Gasteiger partial charge in [0.1, 0.15) is 11.5 Å². The van der Waals surface area contributed by atoms with E-state index in [1.807, 2.05) is 49.4 Å². The first kappa shape index (κ1) is 18.6. The minimum absolute atomic E-state index is 0.162. The largest absolute Gasteiger partial charge is 0.454 e. The Morgan fingerprint density at radius 1 is 1.00 bits per heavy atom. The summed E-state index contributed by atoms with van der Waals surface area (Å²) in [6, 6.07) is 19.1. The highest BCUT2D eigenvalue weighted by Gasteiger charge is 2.43. The smallest absolute Gasteiger partial charge is 0.277 e. The third-order valence-corrected chi connectivity index (χ3v) is 5.91. The predicted molar refractivity (Wildman–Crippen MR) is 116 cm³/mol. The topological polar surface area (TPSA) is 67.5 Å². The van der Waals surface area contributed by atoms with Crippen molar-refractivity contribution in [2.45, 2.75) is 13.0 Å². The Kier molecular flexibility index (Phi) is 4.04. The van der Waals surface area contributed by atoms with E-state index in [1.54, 1.807) is 17.0 Å². The maximum Gasteiger partial charge on any atom is 0.277 e. The van der Waals surface area contributed by atoms with Gasteiger partial charge in [-0.3, -0.25) is 14.8 Å². The number of H-pyrrole nitrogens is 1. The maximum atomic E-state index is 13.6. The molecule has 2 aliphatic heterocycles. The minimum atomic E-state index is -0.465. The number of ether oxygens (including phenoxy) is 2. The average molecular weight is 427 g/mol. The molecule has 0 bridgehead atoms. The van der Waals surface area contributed by atoms with Crippen LogP contribution in [0.4, 0.5) is 10.1 Å². The Labute approximate surface area is 183 Å². The molecule has 1 unspecified atom stereocenters. The first-order valence-electron chi connectivity index (χ1n) is 10.2. The number of rotatable bonds is 3. The second kappa shape index (κ2) is 6.95. The van der Waals surface area contributed by atoms with E-state index in [1.165, 1.54) is 12.1 Å². The molecule has 1 N–H and O–H groups in total. The number of halogens is 1. The molecule has 7 heteroatoms. The molecule has 1 amide bonds. The monoisotopic (exact) mass is 427 g/mol. The van der Waals surface area contributed by atoms with Crippen molar-refractivity contribution in [1.82, 2.24) is 10.2 Å². The first-order valence-corrected chi connectivity index (χ1v) is 10.2. The van der Waals surface area contributed by atoms with Crippen molar-refractivity contribution in [1.29, 1.82) is 0 Å². The van der Waals surface area contributed by atoms with Crippen LogP contribution in [0.3, 0.4) is 0 Å². The van der Waals surface area contributed by atoms with Crippen LogP contribution in [0.15, 0.2) is 66.7 Å². The van der Waals surface area contributed by atoms with Crippen molar-refractivity contribution >= 4 is 11.6 Å². The summed E-state index contributed by atoms with van der Waals surface area (Å²) in [6.07, 6.45) is 0. The zero-order chi connectivity index (χ0) is 21.8. The van der Waals surface area contributed by atoms with Gasteiger partial charge in [-0.15, -0.1) is 0 Å². The summed E-state index contributed by atoms with van der Waals surface area (Å²) in [7, 11) is 0. The summed E-state index contributed by atoms with van der Waals surface area (Å²) in [5.41, 5.74) is 5.40. The molecule has 0 radical (unpaired) electrons. The van der Waals surface area contributed by atoms with Gasteiger partial charge in [0.2, 0.25) is 6.79 Å². The molecule has 6 nitrogen and oxygen atoms in total. The Morgan fingerprint density at radius 3 is 2.53 bits per heavy atom. The second-order valence-corrected chi connectivity index (χ2v) is 7.89. The van der Waals surface area contributed by atoms with E-state index in [2.05, 4.69) is 10.2 Å². The highest BCUT2D eigenvalue weighted by atomic mass is 19.1. The predicted octanol–water partition coefficient (Wildman–Crippen LogP) is 5.00. The number of benzene rings is 3. The van der Waals surface area contributed by atoms with Gasteiger partial charge in [0.15, 0.2) is 11.5 Å². The van der Waals surface area contributed by atoms with Crippen LogP contribution in [0.2, 0.25) is 0 Å². The van der Waals surface area contributed by atoms with E-state index in [-0.39, 0.29) is 18.5 Å². The number of amides is 1. The lowest BCUT2D eigenvalue weighted by atomic mass is 9.95. The lowest BCUT2D eigenvalue weighted by Gasteiger charge is -2.26. The fourth-order valence-corrected chi connectivity index (χ4v) is 4.35. The van der Waals surface area contributed by atoms with Crippen molar-refractivity contribution in [2.75, 3.05) is 11.7 Å². The number of hydrogen-bond acceptors (Lipinski definition) is 4. The number of hydrogen-bond donors (Lipinski definition) is 1. The highest BCUT2D eigenvalue weighted by Crippen LogP contribution is 2.47. The molecule has 1 atom stereocenters. The highest BCUT2D eigenvalue weighted by molar-refractivity contribution is 6.11. The Morgan fingerprint density at radius 2 is 1.75 bits per heavy atom. The van der Waals surface area contributed by atoms with Gasteiger partial charge in [0.25, 0.3) is 5.91 Å². The van der Waals surface area contributed by atoms with Crippen molar-refractivity contribution in [3.63, 3.8) is 0 Å². The quantitative estimate of drug-likeness (QED) is 0.500. The van der Waals surface area contributed by atoms with Gasteiger partial charge in [0, 0.05) is 16.8 Å². The summed E-state index contributed by atoms with van der Waals surface area (Å²) < 4.78 is 24.7.